The van der Waals surface area contributed by atoms with Crippen molar-refractivity contribution in [2.45, 2.75) is 39.2 Å². The molecule has 2 rings (SSSR count). The van der Waals surface area contributed by atoms with E-state index < -0.39 is 0 Å². The molecule has 0 radical (unpaired) electrons. The summed E-state index contributed by atoms with van der Waals surface area (Å²) >= 11 is 1.81. The van der Waals surface area contributed by atoms with Crippen molar-refractivity contribution in [1.82, 2.24) is 5.32 Å². The van der Waals surface area contributed by atoms with E-state index in [1.54, 1.807) is 0 Å². The van der Waals surface area contributed by atoms with Gasteiger partial charge in [-0.2, -0.15) is 11.3 Å². The largest absolute Gasteiger partial charge is 0.381 e. The Hall–Kier alpha value is -0.380. The summed E-state index contributed by atoms with van der Waals surface area (Å²) in [5.74, 6) is 0.642. The number of ether oxygens (including phenoxy) is 1. The monoisotopic (exact) mass is 253 g/mol. The van der Waals surface area contributed by atoms with Crippen LogP contribution in [0, 0.1) is 12.8 Å². The fourth-order valence-electron chi connectivity index (χ4n) is 2.55. The summed E-state index contributed by atoms with van der Waals surface area (Å²) in [6, 6.07) is 0.487. The molecule has 3 heteroatoms. The first kappa shape index (κ1) is 13.1. The van der Waals surface area contributed by atoms with Gasteiger partial charge in [0.05, 0.1) is 6.61 Å². The van der Waals surface area contributed by atoms with E-state index in [9.17, 15) is 0 Å². The molecule has 1 saturated heterocycles. The average Bonchev–Trinajstić information content (AvgIpc) is 2.78. The highest BCUT2D eigenvalue weighted by Gasteiger charge is 2.26. The second-order valence-corrected chi connectivity index (χ2v) is 5.66. The van der Waals surface area contributed by atoms with Crippen LogP contribution >= 0.6 is 11.3 Å². The Morgan fingerprint density at radius 3 is 3.00 bits per heavy atom. The zero-order valence-corrected chi connectivity index (χ0v) is 11.7. The maximum atomic E-state index is 5.64. The Kier molecular flexibility index (Phi) is 5.01. The molecule has 1 N–H and O–H groups in total. The third-order valence-corrected chi connectivity index (χ3v) is 4.39. The van der Waals surface area contributed by atoms with Gasteiger partial charge in [-0.1, -0.05) is 6.92 Å². The lowest BCUT2D eigenvalue weighted by Gasteiger charge is -2.31. The van der Waals surface area contributed by atoms with Crippen molar-refractivity contribution in [3.63, 3.8) is 0 Å². The van der Waals surface area contributed by atoms with Gasteiger partial charge in [0.2, 0.25) is 0 Å². The van der Waals surface area contributed by atoms with Gasteiger partial charge in [0, 0.05) is 18.6 Å². The minimum absolute atomic E-state index is 0.487. The van der Waals surface area contributed by atoms with Gasteiger partial charge in [-0.25, -0.2) is 0 Å². The summed E-state index contributed by atoms with van der Waals surface area (Å²) in [6.45, 7) is 7.39. The van der Waals surface area contributed by atoms with E-state index in [1.165, 1.54) is 30.4 Å². The summed E-state index contributed by atoms with van der Waals surface area (Å²) in [5.41, 5.74) is 2.91. The second kappa shape index (κ2) is 6.53. The van der Waals surface area contributed by atoms with Crippen LogP contribution in [0.15, 0.2) is 10.8 Å². The van der Waals surface area contributed by atoms with Gasteiger partial charge in [0.25, 0.3) is 0 Å². The number of rotatable bonds is 5. The summed E-state index contributed by atoms with van der Waals surface area (Å²) in [7, 11) is 0. The van der Waals surface area contributed by atoms with Crippen molar-refractivity contribution in [1.29, 1.82) is 0 Å². The van der Waals surface area contributed by atoms with Crippen molar-refractivity contribution < 1.29 is 4.74 Å². The van der Waals surface area contributed by atoms with Crippen LogP contribution in [0.25, 0.3) is 0 Å². The molecule has 2 heterocycles. The molecule has 1 fully saturated rings. The van der Waals surface area contributed by atoms with Crippen molar-refractivity contribution in [2.75, 3.05) is 19.8 Å². The molecule has 2 atom stereocenters. The Labute approximate surface area is 108 Å². The van der Waals surface area contributed by atoms with Crippen LogP contribution in [-0.4, -0.2) is 19.8 Å². The van der Waals surface area contributed by atoms with Crippen LogP contribution in [0.3, 0.4) is 0 Å². The molecule has 1 aromatic rings. The van der Waals surface area contributed by atoms with Crippen LogP contribution in [0.1, 0.15) is 43.4 Å². The van der Waals surface area contributed by atoms with Crippen LogP contribution in [0.4, 0.5) is 0 Å². The van der Waals surface area contributed by atoms with Gasteiger partial charge in [-0.05, 0) is 54.6 Å². The van der Waals surface area contributed by atoms with Gasteiger partial charge in [0.15, 0.2) is 0 Å². The Balaban J connectivity index is 2.09. The van der Waals surface area contributed by atoms with E-state index in [2.05, 4.69) is 29.9 Å². The molecule has 1 aromatic heterocycles. The minimum Gasteiger partial charge on any atom is -0.381 e. The molecule has 0 bridgehead atoms. The Morgan fingerprint density at radius 2 is 2.41 bits per heavy atom. The SMILES string of the molecule is CCCNC(c1cscc1C)C1CCCOC1. The normalized spacial score (nSPS) is 22.6. The summed E-state index contributed by atoms with van der Waals surface area (Å²) in [6.07, 6.45) is 3.68. The van der Waals surface area contributed by atoms with E-state index >= 15 is 0 Å². The number of hydrogen-bond acceptors (Lipinski definition) is 3. The van der Waals surface area contributed by atoms with Gasteiger partial charge in [-0.3, -0.25) is 0 Å². The van der Waals surface area contributed by atoms with Crippen molar-refractivity contribution >= 4 is 11.3 Å². The van der Waals surface area contributed by atoms with Crippen LogP contribution in [-0.2, 0) is 4.74 Å². The lowest BCUT2D eigenvalue weighted by Crippen LogP contribution is -2.34. The number of nitrogens with one attached hydrogen (secondary N) is 1. The molecule has 0 aromatic carbocycles. The molecule has 0 amide bonds. The predicted octanol–water partition coefficient (Wildman–Crippen LogP) is 3.52. The molecule has 17 heavy (non-hydrogen) atoms. The molecule has 1 aliphatic rings. The van der Waals surface area contributed by atoms with Gasteiger partial charge in [0.1, 0.15) is 0 Å². The predicted molar refractivity (Wildman–Crippen MR) is 73.6 cm³/mol. The smallest absolute Gasteiger partial charge is 0.0512 e. The number of aryl methyl sites for hydroxylation is 1. The molecule has 0 saturated carbocycles. The summed E-state index contributed by atoms with van der Waals surface area (Å²) in [5, 5.41) is 8.26. The molecule has 96 valence electrons. The van der Waals surface area contributed by atoms with Gasteiger partial charge in [-0.15, -0.1) is 0 Å². The number of thiophene rings is 1. The first-order valence-electron chi connectivity index (χ1n) is 6.66. The zero-order chi connectivity index (χ0) is 12.1. The lowest BCUT2D eigenvalue weighted by atomic mass is 9.88. The third-order valence-electron chi connectivity index (χ3n) is 3.51. The third kappa shape index (κ3) is 3.30. The summed E-state index contributed by atoms with van der Waals surface area (Å²) < 4.78 is 5.64. The molecular weight excluding hydrogens is 230 g/mol. The molecule has 0 aliphatic carbocycles. The topological polar surface area (TPSA) is 21.3 Å². The zero-order valence-electron chi connectivity index (χ0n) is 10.9. The fourth-order valence-corrected chi connectivity index (χ4v) is 3.44. The maximum Gasteiger partial charge on any atom is 0.0512 e. The van der Waals surface area contributed by atoms with Crippen LogP contribution in [0.5, 0.6) is 0 Å². The standard InChI is InChI=1S/C14H23NOS/c1-3-6-15-14(12-5-4-7-16-8-12)13-10-17-9-11(13)2/h9-10,12,14-15H,3-8H2,1-2H3. The van der Waals surface area contributed by atoms with Crippen molar-refractivity contribution in [2.24, 2.45) is 5.92 Å². The highest BCUT2D eigenvalue weighted by Crippen LogP contribution is 2.32. The van der Waals surface area contributed by atoms with Gasteiger partial charge < -0.3 is 10.1 Å². The van der Waals surface area contributed by atoms with Crippen molar-refractivity contribution in [3.8, 4) is 0 Å². The number of hydrogen-bond donors (Lipinski definition) is 1. The minimum atomic E-state index is 0.487. The fraction of sp³-hybridized carbons (Fsp3) is 0.714. The second-order valence-electron chi connectivity index (χ2n) is 4.92. The molecule has 2 nitrogen and oxygen atoms in total. The lowest BCUT2D eigenvalue weighted by molar-refractivity contribution is 0.0390. The van der Waals surface area contributed by atoms with E-state index in [0.717, 1.165) is 19.8 Å². The van der Waals surface area contributed by atoms with E-state index in [-0.39, 0.29) is 0 Å². The highest BCUT2D eigenvalue weighted by molar-refractivity contribution is 7.08. The van der Waals surface area contributed by atoms with Crippen molar-refractivity contribution in [3.05, 3.63) is 21.9 Å². The average molecular weight is 253 g/mol. The highest BCUT2D eigenvalue weighted by atomic mass is 32.1. The molecular formula is C14H23NOS. The molecule has 0 spiro atoms. The van der Waals surface area contributed by atoms with Crippen LogP contribution in [0.2, 0.25) is 0 Å². The molecule has 2 unspecified atom stereocenters. The maximum absolute atomic E-state index is 5.64. The molecule has 1 aliphatic heterocycles. The van der Waals surface area contributed by atoms with E-state index in [4.69, 9.17) is 4.74 Å². The summed E-state index contributed by atoms with van der Waals surface area (Å²) in [4.78, 5) is 0. The first-order valence-corrected chi connectivity index (χ1v) is 7.61. The Bertz CT molecular complexity index is 331. The van der Waals surface area contributed by atoms with E-state index in [1.807, 2.05) is 11.3 Å². The quantitative estimate of drug-likeness (QED) is 0.867. The van der Waals surface area contributed by atoms with E-state index in [0.29, 0.717) is 12.0 Å². The van der Waals surface area contributed by atoms with Crippen LogP contribution < -0.4 is 5.32 Å². The first-order chi connectivity index (χ1) is 8.33. The Morgan fingerprint density at radius 1 is 1.53 bits per heavy atom. The van der Waals surface area contributed by atoms with Gasteiger partial charge >= 0.3 is 0 Å².